The van der Waals surface area contributed by atoms with Crippen LogP contribution in [0.3, 0.4) is 0 Å². The smallest absolute Gasteiger partial charge is 0.312 e. The highest BCUT2D eigenvalue weighted by Crippen LogP contribution is 2.20. The van der Waals surface area contributed by atoms with Crippen LogP contribution in [0.1, 0.15) is 17.7 Å². The van der Waals surface area contributed by atoms with E-state index in [9.17, 15) is 13.2 Å². The van der Waals surface area contributed by atoms with Gasteiger partial charge in [-0.05, 0) is 6.92 Å². The third-order valence-corrected chi connectivity index (χ3v) is 2.63. The standard InChI is InChI=1S/C9H13ClF3N3/c1-6-7(8(10)16(2)15-6)5-14-4-3-9(11,12)13/h14H,3-5H2,1-2H3. The van der Waals surface area contributed by atoms with Crippen LogP contribution in [-0.2, 0) is 13.6 Å². The second kappa shape index (κ2) is 5.05. The minimum absolute atomic E-state index is 0.117. The molecule has 1 aromatic heterocycles. The molecule has 1 N–H and O–H groups in total. The van der Waals surface area contributed by atoms with Gasteiger partial charge in [0, 0.05) is 25.7 Å². The maximum absolute atomic E-state index is 11.9. The Hall–Kier alpha value is -0.750. The van der Waals surface area contributed by atoms with Gasteiger partial charge in [0.1, 0.15) is 5.15 Å². The molecule has 0 aliphatic heterocycles. The fourth-order valence-corrected chi connectivity index (χ4v) is 1.56. The van der Waals surface area contributed by atoms with Crippen molar-refractivity contribution >= 4 is 11.6 Å². The van der Waals surface area contributed by atoms with Crippen molar-refractivity contribution < 1.29 is 13.2 Å². The van der Waals surface area contributed by atoms with Crippen molar-refractivity contribution in [3.63, 3.8) is 0 Å². The number of alkyl halides is 3. The number of halogens is 4. The average molecular weight is 256 g/mol. The van der Waals surface area contributed by atoms with Crippen LogP contribution >= 0.6 is 11.6 Å². The molecule has 0 bridgehead atoms. The molecule has 0 radical (unpaired) electrons. The Bertz CT molecular complexity index is 360. The molecule has 92 valence electrons. The fourth-order valence-electron chi connectivity index (χ4n) is 1.32. The topological polar surface area (TPSA) is 29.9 Å². The summed E-state index contributed by atoms with van der Waals surface area (Å²) in [4.78, 5) is 0. The van der Waals surface area contributed by atoms with Gasteiger partial charge in [0.25, 0.3) is 0 Å². The summed E-state index contributed by atoms with van der Waals surface area (Å²) in [5, 5.41) is 7.21. The average Bonchev–Trinajstić information content (AvgIpc) is 2.36. The molecule has 1 rings (SSSR count). The van der Waals surface area contributed by atoms with Crippen LogP contribution in [0.5, 0.6) is 0 Å². The van der Waals surface area contributed by atoms with Crippen LogP contribution in [0.2, 0.25) is 5.15 Å². The van der Waals surface area contributed by atoms with Crippen molar-refractivity contribution in [2.45, 2.75) is 26.1 Å². The first kappa shape index (κ1) is 13.3. The molecule has 0 saturated carbocycles. The summed E-state index contributed by atoms with van der Waals surface area (Å²) in [5.41, 5.74) is 1.47. The second-order valence-corrected chi connectivity index (χ2v) is 3.88. The summed E-state index contributed by atoms with van der Waals surface area (Å²) in [6, 6.07) is 0. The molecule has 0 spiro atoms. The lowest BCUT2D eigenvalue weighted by molar-refractivity contribution is -0.133. The summed E-state index contributed by atoms with van der Waals surface area (Å²) < 4.78 is 37.1. The van der Waals surface area contributed by atoms with E-state index in [-0.39, 0.29) is 6.54 Å². The third-order valence-electron chi connectivity index (χ3n) is 2.16. The highest BCUT2D eigenvalue weighted by atomic mass is 35.5. The van der Waals surface area contributed by atoms with Crippen molar-refractivity contribution in [1.29, 1.82) is 0 Å². The molecule has 7 heteroatoms. The Labute approximate surface area is 96.6 Å². The van der Waals surface area contributed by atoms with Crippen LogP contribution in [0.25, 0.3) is 0 Å². The Morgan fingerprint density at radius 1 is 1.44 bits per heavy atom. The lowest BCUT2D eigenvalue weighted by Gasteiger charge is -2.07. The van der Waals surface area contributed by atoms with E-state index >= 15 is 0 Å². The first-order valence-corrected chi connectivity index (χ1v) is 5.14. The summed E-state index contributed by atoms with van der Waals surface area (Å²) in [5.74, 6) is 0. The third kappa shape index (κ3) is 3.68. The number of nitrogens with one attached hydrogen (secondary N) is 1. The summed E-state index contributed by atoms with van der Waals surface area (Å²) in [6.45, 7) is 1.95. The van der Waals surface area contributed by atoms with Gasteiger partial charge in [-0.3, -0.25) is 4.68 Å². The minimum atomic E-state index is -4.12. The van der Waals surface area contributed by atoms with Gasteiger partial charge in [0.05, 0.1) is 12.1 Å². The SMILES string of the molecule is Cc1nn(C)c(Cl)c1CNCCC(F)(F)F. The van der Waals surface area contributed by atoms with Crippen LogP contribution in [0.4, 0.5) is 13.2 Å². The molecule has 0 atom stereocenters. The van der Waals surface area contributed by atoms with Crippen molar-refractivity contribution in [3.8, 4) is 0 Å². The maximum Gasteiger partial charge on any atom is 0.390 e. The number of rotatable bonds is 4. The second-order valence-electron chi connectivity index (χ2n) is 3.52. The summed E-state index contributed by atoms with van der Waals surface area (Å²) in [6.07, 6.45) is -4.97. The number of nitrogens with zero attached hydrogens (tertiary/aromatic N) is 2. The highest BCUT2D eigenvalue weighted by molar-refractivity contribution is 6.30. The van der Waals surface area contributed by atoms with Gasteiger partial charge in [0.15, 0.2) is 0 Å². The van der Waals surface area contributed by atoms with E-state index in [4.69, 9.17) is 11.6 Å². The van der Waals surface area contributed by atoms with E-state index in [0.29, 0.717) is 11.7 Å². The Balaban J connectivity index is 2.43. The zero-order valence-corrected chi connectivity index (χ0v) is 9.78. The van der Waals surface area contributed by atoms with Gasteiger partial charge in [-0.1, -0.05) is 11.6 Å². The van der Waals surface area contributed by atoms with E-state index in [2.05, 4.69) is 10.4 Å². The van der Waals surface area contributed by atoms with Gasteiger partial charge in [0.2, 0.25) is 0 Å². The molecular formula is C9H13ClF3N3. The van der Waals surface area contributed by atoms with Crippen LogP contribution in [-0.4, -0.2) is 22.5 Å². The predicted octanol–water partition coefficient (Wildman–Crippen LogP) is 2.42. The van der Waals surface area contributed by atoms with Crippen molar-refractivity contribution in [1.82, 2.24) is 15.1 Å². The van der Waals surface area contributed by atoms with E-state index in [0.717, 1.165) is 11.3 Å². The molecule has 3 nitrogen and oxygen atoms in total. The van der Waals surface area contributed by atoms with Gasteiger partial charge in [-0.25, -0.2) is 0 Å². The Kier molecular flexibility index (Phi) is 4.21. The zero-order valence-electron chi connectivity index (χ0n) is 9.03. The van der Waals surface area contributed by atoms with Crippen LogP contribution in [0, 0.1) is 6.92 Å². The van der Waals surface area contributed by atoms with Crippen LogP contribution < -0.4 is 5.32 Å². The van der Waals surface area contributed by atoms with Gasteiger partial charge in [-0.15, -0.1) is 0 Å². The molecule has 0 fully saturated rings. The van der Waals surface area contributed by atoms with Crippen molar-refractivity contribution in [3.05, 3.63) is 16.4 Å². The normalized spacial score (nSPS) is 12.1. The molecule has 0 saturated heterocycles. The first-order valence-electron chi connectivity index (χ1n) is 4.76. The van der Waals surface area contributed by atoms with Crippen LogP contribution in [0.15, 0.2) is 0 Å². The molecule has 16 heavy (non-hydrogen) atoms. The lowest BCUT2D eigenvalue weighted by atomic mass is 10.2. The van der Waals surface area contributed by atoms with Crippen molar-refractivity contribution in [2.24, 2.45) is 7.05 Å². The molecule has 1 aromatic rings. The van der Waals surface area contributed by atoms with Gasteiger partial charge < -0.3 is 5.32 Å². The lowest BCUT2D eigenvalue weighted by Crippen LogP contribution is -2.21. The van der Waals surface area contributed by atoms with E-state index in [1.165, 1.54) is 4.68 Å². The molecule has 0 aromatic carbocycles. The number of hydrogen-bond acceptors (Lipinski definition) is 2. The Morgan fingerprint density at radius 2 is 2.06 bits per heavy atom. The highest BCUT2D eigenvalue weighted by Gasteiger charge is 2.26. The Morgan fingerprint density at radius 3 is 2.50 bits per heavy atom. The van der Waals surface area contributed by atoms with E-state index in [1.807, 2.05) is 0 Å². The van der Waals surface area contributed by atoms with Crippen molar-refractivity contribution in [2.75, 3.05) is 6.54 Å². The zero-order chi connectivity index (χ0) is 12.3. The quantitative estimate of drug-likeness (QED) is 0.838. The molecule has 0 unspecified atom stereocenters. The summed E-state index contributed by atoms with van der Waals surface area (Å²) in [7, 11) is 1.69. The number of aromatic nitrogens is 2. The fraction of sp³-hybridized carbons (Fsp3) is 0.667. The largest absolute Gasteiger partial charge is 0.390 e. The summed E-state index contributed by atoms with van der Waals surface area (Å²) >= 11 is 5.92. The predicted molar refractivity (Wildman–Crippen MR) is 55.3 cm³/mol. The van der Waals surface area contributed by atoms with Gasteiger partial charge >= 0.3 is 6.18 Å². The van der Waals surface area contributed by atoms with Gasteiger partial charge in [-0.2, -0.15) is 18.3 Å². The molecule has 0 amide bonds. The molecule has 1 heterocycles. The molecule has 0 aliphatic rings. The first-order chi connectivity index (χ1) is 7.31. The number of aryl methyl sites for hydroxylation is 2. The molecular weight excluding hydrogens is 243 g/mol. The number of hydrogen-bond donors (Lipinski definition) is 1. The minimum Gasteiger partial charge on any atom is -0.312 e. The van der Waals surface area contributed by atoms with E-state index < -0.39 is 12.6 Å². The van der Waals surface area contributed by atoms with E-state index in [1.54, 1.807) is 14.0 Å². The maximum atomic E-state index is 11.9. The molecule has 0 aliphatic carbocycles. The monoisotopic (exact) mass is 255 g/mol.